The minimum atomic E-state index is -3.62. The molecule has 0 saturated carbocycles. The highest BCUT2D eigenvalue weighted by atomic mass is 32.2. The summed E-state index contributed by atoms with van der Waals surface area (Å²) < 4.78 is 38.0. The number of sulfone groups is 1. The fraction of sp³-hybridized carbons (Fsp3) is 0.222. The summed E-state index contributed by atoms with van der Waals surface area (Å²) in [5, 5.41) is 12.1. The van der Waals surface area contributed by atoms with Gasteiger partial charge in [-0.15, -0.1) is 0 Å². The summed E-state index contributed by atoms with van der Waals surface area (Å²) in [7, 11) is -6.31. The molecule has 1 atom stereocenters. The minimum Gasteiger partial charge on any atom is -0.245 e. The molecule has 0 saturated heterocycles. The van der Waals surface area contributed by atoms with Crippen LogP contribution in [0.2, 0.25) is 0 Å². The van der Waals surface area contributed by atoms with Crippen molar-refractivity contribution in [3.63, 3.8) is 0 Å². The number of nitrogens with zero attached hydrogens (tertiary/aromatic N) is 2. The molecule has 0 bridgehead atoms. The van der Waals surface area contributed by atoms with Gasteiger partial charge in [-0.25, -0.2) is 17.0 Å². The third kappa shape index (κ3) is 3.66. The lowest BCUT2D eigenvalue weighted by molar-refractivity contribution is 0.608. The van der Waals surface area contributed by atoms with Gasteiger partial charge < -0.3 is 0 Å². The zero-order chi connectivity index (χ0) is 13.1. The molecule has 0 aliphatic heterocycles. The van der Waals surface area contributed by atoms with Crippen molar-refractivity contribution in [1.29, 1.82) is 5.26 Å². The maximum atomic E-state index is 12.1. The molecule has 1 heterocycles. The van der Waals surface area contributed by atoms with E-state index in [9.17, 15) is 12.6 Å². The van der Waals surface area contributed by atoms with E-state index in [1.807, 2.05) is 0 Å². The molecule has 0 amide bonds. The SMILES string of the molecule is CS(=O)(=O)/C(C#N)=C/N=[S@@](C)(=O)c1ccsc1. The van der Waals surface area contributed by atoms with Crippen LogP contribution in [0.3, 0.4) is 0 Å². The highest BCUT2D eigenvalue weighted by Gasteiger charge is 2.11. The van der Waals surface area contributed by atoms with Gasteiger partial charge in [0.1, 0.15) is 6.07 Å². The summed E-state index contributed by atoms with van der Waals surface area (Å²) in [6.45, 7) is 0. The number of thiophene rings is 1. The van der Waals surface area contributed by atoms with Crippen molar-refractivity contribution in [2.24, 2.45) is 4.36 Å². The van der Waals surface area contributed by atoms with Crippen molar-refractivity contribution in [3.05, 3.63) is 27.9 Å². The van der Waals surface area contributed by atoms with E-state index in [1.165, 1.54) is 23.7 Å². The van der Waals surface area contributed by atoms with Crippen molar-refractivity contribution in [3.8, 4) is 6.07 Å². The minimum absolute atomic E-state index is 0.498. The molecule has 5 nitrogen and oxygen atoms in total. The molecule has 17 heavy (non-hydrogen) atoms. The molecular formula is C9H10N2O3S3. The Balaban J connectivity index is 3.28. The Morgan fingerprint density at radius 1 is 1.47 bits per heavy atom. The lowest BCUT2D eigenvalue weighted by Gasteiger charge is -1.98. The molecular weight excluding hydrogens is 280 g/mol. The molecule has 0 radical (unpaired) electrons. The molecule has 8 heteroatoms. The van der Waals surface area contributed by atoms with Gasteiger partial charge in [0.25, 0.3) is 0 Å². The molecule has 0 aromatic carbocycles. The van der Waals surface area contributed by atoms with Gasteiger partial charge in [0.2, 0.25) is 0 Å². The molecule has 0 spiro atoms. The average Bonchev–Trinajstić information content (AvgIpc) is 2.69. The van der Waals surface area contributed by atoms with Crippen LogP contribution >= 0.6 is 11.3 Å². The third-order valence-electron chi connectivity index (χ3n) is 1.81. The van der Waals surface area contributed by atoms with E-state index in [1.54, 1.807) is 16.8 Å². The molecule has 1 rings (SSSR count). The first-order valence-electron chi connectivity index (χ1n) is 4.31. The van der Waals surface area contributed by atoms with Gasteiger partial charge in [-0.3, -0.25) is 0 Å². The van der Waals surface area contributed by atoms with E-state index in [-0.39, 0.29) is 0 Å². The van der Waals surface area contributed by atoms with Crippen LogP contribution in [0.4, 0.5) is 0 Å². The summed E-state index contributed by atoms with van der Waals surface area (Å²) in [5.41, 5.74) is 0. The Morgan fingerprint density at radius 3 is 2.53 bits per heavy atom. The van der Waals surface area contributed by atoms with E-state index >= 15 is 0 Å². The van der Waals surface area contributed by atoms with E-state index in [0.717, 1.165) is 12.5 Å². The molecule has 0 aliphatic carbocycles. The third-order valence-corrected chi connectivity index (χ3v) is 5.28. The van der Waals surface area contributed by atoms with Crippen LogP contribution in [0.5, 0.6) is 0 Å². The lowest BCUT2D eigenvalue weighted by Crippen LogP contribution is -1.99. The summed E-state index contributed by atoms with van der Waals surface area (Å²) >= 11 is 1.37. The summed E-state index contributed by atoms with van der Waals surface area (Å²) in [5.74, 6) is 0. The smallest absolute Gasteiger partial charge is 0.187 e. The van der Waals surface area contributed by atoms with Crippen LogP contribution in [0.15, 0.2) is 37.2 Å². The quantitative estimate of drug-likeness (QED) is 0.791. The van der Waals surface area contributed by atoms with Gasteiger partial charge in [0.05, 0.1) is 20.8 Å². The zero-order valence-corrected chi connectivity index (χ0v) is 11.6. The fourth-order valence-electron chi connectivity index (χ4n) is 0.884. The molecule has 0 N–H and O–H groups in total. The predicted molar refractivity (Wildman–Crippen MR) is 67.6 cm³/mol. The number of allylic oxidation sites excluding steroid dienone is 1. The van der Waals surface area contributed by atoms with Crippen molar-refractivity contribution < 1.29 is 12.6 Å². The van der Waals surface area contributed by atoms with Gasteiger partial charge in [-0.1, -0.05) is 0 Å². The predicted octanol–water partition coefficient (Wildman–Crippen LogP) is 1.61. The zero-order valence-electron chi connectivity index (χ0n) is 9.15. The van der Waals surface area contributed by atoms with Crippen LogP contribution < -0.4 is 0 Å². The summed E-state index contributed by atoms with van der Waals surface area (Å²) in [6.07, 6.45) is 3.15. The van der Waals surface area contributed by atoms with Gasteiger partial charge in [-0.05, 0) is 11.4 Å². The lowest BCUT2D eigenvalue weighted by atomic mass is 10.7. The number of rotatable bonds is 3. The Morgan fingerprint density at radius 2 is 2.12 bits per heavy atom. The Bertz CT molecular complexity index is 684. The summed E-state index contributed by atoms with van der Waals surface area (Å²) in [6, 6.07) is 3.17. The van der Waals surface area contributed by atoms with Crippen molar-refractivity contribution in [2.45, 2.75) is 4.90 Å². The summed E-state index contributed by atoms with van der Waals surface area (Å²) in [4.78, 5) is 0.0202. The molecule has 0 unspecified atom stereocenters. The Labute approximate surface area is 105 Å². The highest BCUT2D eigenvalue weighted by molar-refractivity contribution is 7.95. The Kier molecular flexibility index (Phi) is 4.08. The second kappa shape index (κ2) is 5.00. The van der Waals surface area contributed by atoms with Gasteiger partial charge in [-0.2, -0.15) is 16.6 Å². The largest absolute Gasteiger partial charge is 0.245 e. The number of nitriles is 1. The van der Waals surface area contributed by atoms with E-state index in [0.29, 0.717) is 4.90 Å². The van der Waals surface area contributed by atoms with E-state index in [4.69, 9.17) is 5.26 Å². The molecule has 1 aromatic heterocycles. The maximum absolute atomic E-state index is 12.1. The van der Waals surface area contributed by atoms with Crippen molar-refractivity contribution in [2.75, 3.05) is 12.5 Å². The van der Waals surface area contributed by atoms with Crippen LogP contribution in [0.25, 0.3) is 0 Å². The van der Waals surface area contributed by atoms with Crippen LogP contribution in [0.1, 0.15) is 0 Å². The first-order chi connectivity index (χ1) is 7.77. The van der Waals surface area contributed by atoms with Gasteiger partial charge in [0.15, 0.2) is 14.7 Å². The van der Waals surface area contributed by atoms with E-state index < -0.39 is 24.5 Å². The van der Waals surface area contributed by atoms with Crippen LogP contribution in [-0.2, 0) is 19.6 Å². The number of hydrogen-bond acceptors (Lipinski definition) is 6. The fourth-order valence-corrected chi connectivity index (χ4v) is 3.59. The van der Waals surface area contributed by atoms with Gasteiger partial charge in [0, 0.05) is 17.9 Å². The molecule has 0 fully saturated rings. The second-order valence-corrected chi connectivity index (χ2v) is 8.30. The van der Waals surface area contributed by atoms with Crippen molar-refractivity contribution in [1.82, 2.24) is 0 Å². The molecule has 1 aromatic rings. The number of hydrogen-bond donors (Lipinski definition) is 0. The normalized spacial score (nSPS) is 15.9. The topological polar surface area (TPSA) is 87.4 Å². The monoisotopic (exact) mass is 290 g/mol. The maximum Gasteiger partial charge on any atom is 0.187 e. The Hall–Kier alpha value is -1.17. The van der Waals surface area contributed by atoms with Crippen LogP contribution in [-0.4, -0.2) is 25.1 Å². The first kappa shape index (κ1) is 13.9. The molecule has 92 valence electrons. The second-order valence-electron chi connectivity index (χ2n) is 3.24. The van der Waals surface area contributed by atoms with Crippen LogP contribution in [0, 0.1) is 11.3 Å². The molecule has 0 aliphatic rings. The van der Waals surface area contributed by atoms with Gasteiger partial charge >= 0.3 is 0 Å². The first-order valence-corrected chi connectivity index (χ1v) is 9.07. The average molecular weight is 290 g/mol. The highest BCUT2D eigenvalue weighted by Crippen LogP contribution is 2.16. The van der Waals surface area contributed by atoms with E-state index in [2.05, 4.69) is 4.36 Å². The standard InChI is InChI=1S/C9H10N2O3S3/c1-16(12,8-3-4-15-7-8)11-6-9(5-10)17(2,13)14/h3-4,6-7H,1-2H3/b9-6+/t16-/m0/s1. The van der Waals surface area contributed by atoms with Crippen molar-refractivity contribution >= 4 is 30.9 Å².